The number of nitrogens with zero attached hydrogens (tertiary/aromatic N) is 2. The summed E-state index contributed by atoms with van der Waals surface area (Å²) in [5, 5.41) is 6.23. The maximum Gasteiger partial charge on any atom is 0.221 e. The summed E-state index contributed by atoms with van der Waals surface area (Å²) < 4.78 is 10.9. The molecule has 0 spiro atoms. The third-order valence-electron chi connectivity index (χ3n) is 4.29. The van der Waals surface area contributed by atoms with Crippen molar-refractivity contribution in [2.24, 2.45) is 0 Å². The number of hydrogen-bond acceptors (Lipinski definition) is 6. The minimum Gasteiger partial charge on any atom is -0.378 e. The first kappa shape index (κ1) is 22.9. The summed E-state index contributed by atoms with van der Waals surface area (Å²) in [4.78, 5) is 18.7. The number of aromatic nitrogens is 1. The largest absolute Gasteiger partial charge is 0.378 e. The van der Waals surface area contributed by atoms with Crippen LogP contribution in [-0.4, -0.2) is 62.5 Å². The zero-order valence-electron chi connectivity index (χ0n) is 15.0. The number of hydrogen-bond donors (Lipinski definition) is 2. The minimum atomic E-state index is 0. The van der Waals surface area contributed by atoms with E-state index in [1.165, 1.54) is 0 Å². The van der Waals surface area contributed by atoms with Crippen molar-refractivity contribution in [3.8, 4) is 0 Å². The van der Waals surface area contributed by atoms with Crippen molar-refractivity contribution in [2.45, 2.75) is 32.0 Å². The molecule has 0 aromatic carbocycles. The van der Waals surface area contributed by atoms with E-state index in [4.69, 9.17) is 9.47 Å². The molecule has 2 atom stereocenters. The monoisotopic (exact) mass is 406 g/mol. The Balaban J connectivity index is 0.00000169. The van der Waals surface area contributed by atoms with Gasteiger partial charge in [0.2, 0.25) is 5.91 Å². The van der Waals surface area contributed by atoms with Crippen LogP contribution in [0, 0.1) is 0 Å². The molecule has 3 rings (SSSR count). The smallest absolute Gasteiger partial charge is 0.221 e. The lowest BCUT2D eigenvalue weighted by Gasteiger charge is -2.32. The number of carbonyl (C=O) groups is 1. The maximum absolute atomic E-state index is 12.0. The average molecular weight is 407 g/mol. The first-order valence-electron chi connectivity index (χ1n) is 8.60. The second kappa shape index (κ2) is 11.6. The molecule has 2 aliphatic heterocycles. The molecule has 1 aromatic rings. The second-order valence-corrected chi connectivity index (χ2v) is 6.36. The van der Waals surface area contributed by atoms with E-state index in [2.05, 4.69) is 27.4 Å². The zero-order chi connectivity index (χ0) is 16.8. The number of carbonyl (C=O) groups excluding carboxylic acids is 1. The molecule has 0 radical (unpaired) electrons. The Morgan fingerprint density at radius 3 is 2.88 bits per heavy atom. The Kier molecular flexibility index (Phi) is 10.2. The van der Waals surface area contributed by atoms with Crippen LogP contribution in [0.3, 0.4) is 0 Å². The van der Waals surface area contributed by atoms with E-state index >= 15 is 0 Å². The van der Waals surface area contributed by atoms with E-state index in [-0.39, 0.29) is 42.9 Å². The van der Waals surface area contributed by atoms with Gasteiger partial charge in [0.05, 0.1) is 25.9 Å². The Labute approximate surface area is 167 Å². The molecule has 9 heteroatoms. The van der Waals surface area contributed by atoms with Gasteiger partial charge >= 0.3 is 0 Å². The minimum absolute atomic E-state index is 0. The maximum atomic E-state index is 12.0. The molecule has 2 aliphatic rings. The van der Waals surface area contributed by atoms with Crippen molar-refractivity contribution in [2.75, 3.05) is 44.4 Å². The van der Waals surface area contributed by atoms with E-state index in [1.54, 1.807) is 0 Å². The molecule has 0 saturated carbocycles. The number of nitrogens with one attached hydrogen (secondary N) is 2. The van der Waals surface area contributed by atoms with Crippen LogP contribution in [0.25, 0.3) is 0 Å². The zero-order valence-corrected chi connectivity index (χ0v) is 16.6. The lowest BCUT2D eigenvalue weighted by atomic mass is 10.2. The fourth-order valence-corrected chi connectivity index (χ4v) is 2.98. The Morgan fingerprint density at radius 1 is 1.38 bits per heavy atom. The van der Waals surface area contributed by atoms with Crippen LogP contribution < -0.4 is 15.5 Å². The Hall–Kier alpha value is -1.12. The van der Waals surface area contributed by atoms with Gasteiger partial charge in [-0.15, -0.1) is 24.8 Å². The Bertz CT molecular complexity index is 541. The van der Waals surface area contributed by atoms with Gasteiger partial charge in [-0.1, -0.05) is 6.07 Å². The summed E-state index contributed by atoms with van der Waals surface area (Å²) in [6, 6.07) is 4.14. The third kappa shape index (κ3) is 6.89. The fraction of sp³-hybridized carbons (Fsp3) is 0.647. The normalized spacial score (nSPS) is 22.7. The van der Waals surface area contributed by atoms with Crippen LogP contribution in [0.5, 0.6) is 0 Å². The predicted octanol–water partition coefficient (Wildman–Crippen LogP) is 1.14. The van der Waals surface area contributed by atoms with Crippen LogP contribution in [0.4, 0.5) is 5.82 Å². The van der Waals surface area contributed by atoms with Crippen molar-refractivity contribution < 1.29 is 14.3 Å². The van der Waals surface area contributed by atoms with Crippen molar-refractivity contribution in [3.63, 3.8) is 0 Å². The molecule has 1 aromatic heterocycles. The van der Waals surface area contributed by atoms with Gasteiger partial charge in [0.15, 0.2) is 0 Å². The van der Waals surface area contributed by atoms with Crippen LogP contribution in [0.2, 0.25) is 0 Å². The molecule has 2 saturated heterocycles. The van der Waals surface area contributed by atoms with E-state index in [0.29, 0.717) is 19.6 Å². The number of anilines is 1. The van der Waals surface area contributed by atoms with Crippen LogP contribution in [-0.2, 0) is 20.8 Å². The fourth-order valence-electron chi connectivity index (χ4n) is 2.98. The number of morpholine rings is 2. The quantitative estimate of drug-likeness (QED) is 0.763. The number of halogens is 2. The number of rotatable bonds is 5. The third-order valence-corrected chi connectivity index (χ3v) is 4.29. The van der Waals surface area contributed by atoms with E-state index in [1.807, 2.05) is 18.3 Å². The number of pyridine rings is 1. The molecule has 26 heavy (non-hydrogen) atoms. The molecule has 148 valence electrons. The molecule has 0 bridgehead atoms. The van der Waals surface area contributed by atoms with Gasteiger partial charge in [-0.3, -0.25) is 4.79 Å². The van der Waals surface area contributed by atoms with Gasteiger partial charge in [0, 0.05) is 44.8 Å². The van der Waals surface area contributed by atoms with Gasteiger partial charge in [-0.05, 0) is 18.6 Å². The van der Waals surface area contributed by atoms with E-state index < -0.39 is 0 Å². The molecule has 1 amide bonds. The molecule has 2 N–H and O–H groups in total. The topological polar surface area (TPSA) is 75.7 Å². The summed E-state index contributed by atoms with van der Waals surface area (Å²) in [7, 11) is 0. The van der Waals surface area contributed by atoms with Crippen molar-refractivity contribution >= 4 is 36.5 Å². The SMILES string of the molecule is CC1CN(c2ccc(CNC(=O)CC3COCCN3)cn2)CCO1.Cl.Cl. The predicted molar refractivity (Wildman–Crippen MR) is 105 cm³/mol. The summed E-state index contributed by atoms with van der Waals surface area (Å²) in [5.74, 6) is 0.993. The lowest BCUT2D eigenvalue weighted by molar-refractivity contribution is -0.122. The summed E-state index contributed by atoms with van der Waals surface area (Å²) >= 11 is 0. The molecule has 2 fully saturated rings. The van der Waals surface area contributed by atoms with E-state index in [0.717, 1.165) is 44.2 Å². The molecule has 3 heterocycles. The summed E-state index contributed by atoms with van der Waals surface area (Å²) in [5.41, 5.74) is 1.00. The average Bonchev–Trinajstić information content (AvgIpc) is 2.61. The molecule has 2 unspecified atom stereocenters. The van der Waals surface area contributed by atoms with Gasteiger partial charge in [0.25, 0.3) is 0 Å². The molecule has 0 aliphatic carbocycles. The highest BCUT2D eigenvalue weighted by Crippen LogP contribution is 2.15. The van der Waals surface area contributed by atoms with Crippen LogP contribution in [0.15, 0.2) is 18.3 Å². The van der Waals surface area contributed by atoms with E-state index in [9.17, 15) is 4.79 Å². The van der Waals surface area contributed by atoms with Gasteiger partial charge < -0.3 is 25.0 Å². The standard InChI is InChI=1S/C17H26N4O3.2ClH/c1-13-11-21(5-7-24-13)16-3-2-14(9-19-16)10-20-17(22)8-15-12-23-6-4-18-15;;/h2-3,9,13,15,18H,4-8,10-12H2,1H3,(H,20,22);2*1H. The highest BCUT2D eigenvalue weighted by molar-refractivity contribution is 5.85. The van der Waals surface area contributed by atoms with Crippen molar-refractivity contribution in [1.82, 2.24) is 15.6 Å². The van der Waals surface area contributed by atoms with Gasteiger partial charge in [-0.25, -0.2) is 4.98 Å². The van der Waals surface area contributed by atoms with Gasteiger partial charge in [0.1, 0.15) is 5.82 Å². The molecular formula is C17H28Cl2N4O3. The number of amides is 1. The highest BCUT2D eigenvalue weighted by atomic mass is 35.5. The highest BCUT2D eigenvalue weighted by Gasteiger charge is 2.18. The van der Waals surface area contributed by atoms with Crippen LogP contribution in [0.1, 0.15) is 18.9 Å². The van der Waals surface area contributed by atoms with Gasteiger partial charge in [-0.2, -0.15) is 0 Å². The first-order valence-corrected chi connectivity index (χ1v) is 8.60. The Morgan fingerprint density at radius 2 is 2.23 bits per heavy atom. The first-order chi connectivity index (χ1) is 11.7. The second-order valence-electron chi connectivity index (χ2n) is 6.36. The van der Waals surface area contributed by atoms with Crippen molar-refractivity contribution in [1.29, 1.82) is 0 Å². The summed E-state index contributed by atoms with van der Waals surface area (Å²) in [6.07, 6.45) is 2.51. The number of ether oxygens (including phenoxy) is 2. The molecular weight excluding hydrogens is 379 g/mol. The van der Waals surface area contributed by atoms with Crippen molar-refractivity contribution in [3.05, 3.63) is 23.9 Å². The molecule has 7 nitrogen and oxygen atoms in total. The van der Waals surface area contributed by atoms with Crippen LogP contribution >= 0.6 is 24.8 Å². The lowest BCUT2D eigenvalue weighted by Crippen LogP contribution is -2.44. The summed E-state index contributed by atoms with van der Waals surface area (Å²) in [6.45, 7) is 7.16.